The summed E-state index contributed by atoms with van der Waals surface area (Å²) in [5.41, 5.74) is -0.0733. The number of aliphatic carboxylic acids is 1. The van der Waals surface area contributed by atoms with Crippen LogP contribution in [0.4, 0.5) is 4.79 Å². The zero-order valence-electron chi connectivity index (χ0n) is 13.2. The summed E-state index contributed by atoms with van der Waals surface area (Å²) in [6.07, 6.45) is 7.57. The minimum atomic E-state index is -0.773. The van der Waals surface area contributed by atoms with E-state index in [1.165, 1.54) is 6.42 Å². The number of carboxylic acids is 1. The maximum absolute atomic E-state index is 12.1. The first kappa shape index (κ1) is 16.1. The number of urea groups is 1. The molecule has 2 aliphatic carbocycles. The third-order valence-electron chi connectivity index (χ3n) is 5.38. The van der Waals surface area contributed by atoms with Crippen LogP contribution in [0, 0.1) is 10.8 Å². The van der Waals surface area contributed by atoms with Gasteiger partial charge in [-0.15, -0.1) is 0 Å². The van der Waals surface area contributed by atoms with Gasteiger partial charge < -0.3 is 15.7 Å². The van der Waals surface area contributed by atoms with E-state index in [1.807, 2.05) is 0 Å². The van der Waals surface area contributed by atoms with E-state index in [0.717, 1.165) is 38.5 Å². The van der Waals surface area contributed by atoms with E-state index in [-0.39, 0.29) is 29.3 Å². The van der Waals surface area contributed by atoms with Gasteiger partial charge in [0.15, 0.2) is 0 Å². The van der Waals surface area contributed by atoms with Gasteiger partial charge in [-0.2, -0.15) is 0 Å². The van der Waals surface area contributed by atoms with Gasteiger partial charge in [0.05, 0.1) is 6.42 Å². The first-order valence-electron chi connectivity index (χ1n) is 8.09. The van der Waals surface area contributed by atoms with Crippen LogP contribution >= 0.6 is 0 Å². The zero-order valence-corrected chi connectivity index (χ0v) is 13.2. The van der Waals surface area contributed by atoms with Crippen LogP contribution in [0.1, 0.15) is 65.2 Å². The predicted molar refractivity (Wildman–Crippen MR) is 81.1 cm³/mol. The Labute approximate surface area is 126 Å². The van der Waals surface area contributed by atoms with Gasteiger partial charge in [-0.1, -0.05) is 33.1 Å². The Hall–Kier alpha value is -1.26. The van der Waals surface area contributed by atoms with Crippen LogP contribution in [0.15, 0.2) is 0 Å². The van der Waals surface area contributed by atoms with Crippen molar-refractivity contribution < 1.29 is 14.7 Å². The van der Waals surface area contributed by atoms with E-state index in [4.69, 9.17) is 5.11 Å². The van der Waals surface area contributed by atoms with Gasteiger partial charge in [0.1, 0.15) is 0 Å². The molecule has 1 unspecified atom stereocenters. The Bertz CT molecular complexity index is 402. The quantitative estimate of drug-likeness (QED) is 0.730. The second-order valence-electron chi connectivity index (χ2n) is 7.54. The van der Waals surface area contributed by atoms with Gasteiger partial charge in [0.25, 0.3) is 0 Å². The van der Waals surface area contributed by atoms with E-state index in [1.54, 1.807) is 0 Å². The normalized spacial score (nSPS) is 26.5. The lowest BCUT2D eigenvalue weighted by Crippen LogP contribution is -2.52. The molecule has 0 aromatic rings. The number of rotatable bonds is 5. The summed E-state index contributed by atoms with van der Waals surface area (Å²) in [4.78, 5) is 23.0. The molecule has 5 nitrogen and oxygen atoms in total. The van der Waals surface area contributed by atoms with Crippen LogP contribution in [0.5, 0.6) is 0 Å². The summed E-state index contributed by atoms with van der Waals surface area (Å²) in [5, 5.41) is 15.0. The highest BCUT2D eigenvalue weighted by Crippen LogP contribution is 2.43. The highest BCUT2D eigenvalue weighted by atomic mass is 16.4. The number of hydrogen-bond acceptors (Lipinski definition) is 2. The average molecular weight is 296 g/mol. The maximum atomic E-state index is 12.1. The van der Waals surface area contributed by atoms with Crippen LogP contribution in [-0.4, -0.2) is 29.7 Å². The van der Waals surface area contributed by atoms with Crippen molar-refractivity contribution in [2.24, 2.45) is 10.8 Å². The van der Waals surface area contributed by atoms with Crippen molar-refractivity contribution in [2.75, 3.05) is 6.54 Å². The molecule has 0 saturated heterocycles. The van der Waals surface area contributed by atoms with Gasteiger partial charge in [0.2, 0.25) is 0 Å². The molecule has 0 aliphatic heterocycles. The minimum Gasteiger partial charge on any atom is -0.481 e. The maximum Gasteiger partial charge on any atom is 0.315 e. The largest absolute Gasteiger partial charge is 0.481 e. The molecule has 2 fully saturated rings. The van der Waals surface area contributed by atoms with Gasteiger partial charge in [-0.05, 0) is 36.5 Å². The summed E-state index contributed by atoms with van der Waals surface area (Å²) in [5.74, 6) is -0.773. The van der Waals surface area contributed by atoms with Crippen LogP contribution in [0.25, 0.3) is 0 Å². The van der Waals surface area contributed by atoms with Crippen LogP contribution in [-0.2, 0) is 4.79 Å². The lowest BCUT2D eigenvalue weighted by atomic mass is 9.66. The van der Waals surface area contributed by atoms with E-state index in [2.05, 4.69) is 24.5 Å². The summed E-state index contributed by atoms with van der Waals surface area (Å²) < 4.78 is 0. The van der Waals surface area contributed by atoms with Gasteiger partial charge >= 0.3 is 12.0 Å². The third kappa shape index (κ3) is 4.11. The molecule has 0 bridgehead atoms. The molecule has 5 heteroatoms. The predicted octanol–water partition coefficient (Wildman–Crippen LogP) is 2.90. The van der Waals surface area contributed by atoms with Crippen LogP contribution < -0.4 is 10.6 Å². The monoisotopic (exact) mass is 296 g/mol. The zero-order chi connectivity index (χ0) is 15.5. The molecule has 2 rings (SSSR count). The van der Waals surface area contributed by atoms with Crippen molar-refractivity contribution in [3.05, 3.63) is 0 Å². The minimum absolute atomic E-state index is 0.144. The molecule has 0 spiro atoms. The number of amides is 2. The molecular weight excluding hydrogens is 268 g/mol. The molecule has 0 aromatic carbocycles. The molecule has 1 atom stereocenters. The molecule has 0 aromatic heterocycles. The molecule has 2 amide bonds. The summed E-state index contributed by atoms with van der Waals surface area (Å²) in [6, 6.07) is 0.0645. The van der Waals surface area contributed by atoms with E-state index < -0.39 is 5.97 Å². The number of hydrogen-bond donors (Lipinski definition) is 3. The van der Waals surface area contributed by atoms with E-state index >= 15 is 0 Å². The summed E-state index contributed by atoms with van der Waals surface area (Å²) in [7, 11) is 0. The smallest absolute Gasteiger partial charge is 0.315 e. The molecule has 0 radical (unpaired) electrons. The molecule has 0 heterocycles. The van der Waals surface area contributed by atoms with Gasteiger partial charge in [-0.25, -0.2) is 4.79 Å². The fourth-order valence-corrected chi connectivity index (χ4v) is 3.65. The fourth-order valence-electron chi connectivity index (χ4n) is 3.65. The summed E-state index contributed by atoms with van der Waals surface area (Å²) in [6.45, 7) is 4.88. The Kier molecular flexibility index (Phi) is 4.79. The van der Waals surface area contributed by atoms with Crippen molar-refractivity contribution >= 4 is 12.0 Å². The second-order valence-corrected chi connectivity index (χ2v) is 7.54. The first-order valence-corrected chi connectivity index (χ1v) is 8.09. The topological polar surface area (TPSA) is 78.4 Å². The van der Waals surface area contributed by atoms with Crippen molar-refractivity contribution in [3.8, 4) is 0 Å². The number of nitrogens with one attached hydrogen (secondary N) is 2. The summed E-state index contributed by atoms with van der Waals surface area (Å²) >= 11 is 0. The average Bonchev–Trinajstić information content (AvgIpc) is 2.34. The molecule has 2 aliphatic rings. The fraction of sp³-hybridized carbons (Fsp3) is 0.875. The van der Waals surface area contributed by atoms with Gasteiger partial charge in [0, 0.05) is 12.6 Å². The Balaban J connectivity index is 1.80. The molecule has 21 heavy (non-hydrogen) atoms. The standard InChI is InChI=1S/C16H28N2O3/c1-15(2)7-4-3-6-12(15)18-14(21)17-11-16(8-5-9-16)10-13(19)20/h12H,3-11H2,1-2H3,(H,19,20)(H2,17,18,21). The highest BCUT2D eigenvalue weighted by Gasteiger charge is 2.39. The number of carbonyl (C=O) groups excluding carboxylic acids is 1. The van der Waals surface area contributed by atoms with Crippen LogP contribution in [0.3, 0.4) is 0 Å². The first-order chi connectivity index (χ1) is 9.83. The van der Waals surface area contributed by atoms with Crippen LogP contribution in [0.2, 0.25) is 0 Å². The lowest BCUT2D eigenvalue weighted by Gasteiger charge is -2.42. The van der Waals surface area contributed by atoms with Crippen molar-refractivity contribution in [3.63, 3.8) is 0 Å². The molecule has 2 saturated carbocycles. The van der Waals surface area contributed by atoms with Crippen molar-refractivity contribution in [1.29, 1.82) is 0 Å². The molecular formula is C16H28N2O3. The number of carboxylic acid groups (broad SMARTS) is 1. The van der Waals surface area contributed by atoms with E-state index in [0.29, 0.717) is 6.54 Å². The second kappa shape index (κ2) is 6.24. The van der Waals surface area contributed by atoms with Crippen molar-refractivity contribution in [1.82, 2.24) is 10.6 Å². The van der Waals surface area contributed by atoms with Gasteiger partial charge in [-0.3, -0.25) is 4.79 Å². The van der Waals surface area contributed by atoms with Crippen molar-refractivity contribution in [2.45, 2.75) is 71.3 Å². The Morgan fingerprint density at radius 2 is 1.86 bits per heavy atom. The number of carbonyl (C=O) groups is 2. The SMILES string of the molecule is CC1(C)CCCCC1NC(=O)NCC1(CC(=O)O)CCC1. The third-order valence-corrected chi connectivity index (χ3v) is 5.38. The highest BCUT2D eigenvalue weighted by molar-refractivity contribution is 5.74. The Morgan fingerprint density at radius 3 is 2.38 bits per heavy atom. The van der Waals surface area contributed by atoms with E-state index in [9.17, 15) is 9.59 Å². The molecule has 3 N–H and O–H groups in total. The Morgan fingerprint density at radius 1 is 1.14 bits per heavy atom. The molecule has 120 valence electrons. The lowest BCUT2D eigenvalue weighted by molar-refractivity contribution is -0.141.